The molecule has 1 aromatic rings. The van der Waals surface area contributed by atoms with E-state index in [0.717, 1.165) is 6.07 Å². The summed E-state index contributed by atoms with van der Waals surface area (Å²) in [6.07, 6.45) is 1.22. The Hall–Kier alpha value is -1.34. The fraction of sp³-hybridized carbons (Fsp3) is 0.364. The van der Waals surface area contributed by atoms with E-state index < -0.39 is 22.1 Å². The van der Waals surface area contributed by atoms with Crippen LogP contribution in [0.25, 0.3) is 0 Å². The van der Waals surface area contributed by atoms with Crippen molar-refractivity contribution in [2.24, 2.45) is 0 Å². The maximum atomic E-state index is 13.2. The van der Waals surface area contributed by atoms with Crippen molar-refractivity contribution in [3.8, 4) is 11.8 Å². The summed E-state index contributed by atoms with van der Waals surface area (Å²) in [4.78, 5) is 0. The van der Waals surface area contributed by atoms with Crippen LogP contribution in [-0.4, -0.2) is 7.11 Å². The van der Waals surface area contributed by atoms with Gasteiger partial charge in [-0.3, -0.25) is 0 Å². The number of hydrogen-bond acceptors (Lipinski definition) is 2. The van der Waals surface area contributed by atoms with Crippen molar-refractivity contribution >= 4 is 11.6 Å². The lowest BCUT2D eigenvalue weighted by atomic mass is 9.96. The summed E-state index contributed by atoms with van der Waals surface area (Å²) in [5, 5.41) is 8.61. The summed E-state index contributed by atoms with van der Waals surface area (Å²) < 4.78 is 31.4. The van der Waals surface area contributed by atoms with Crippen LogP contribution in [0.4, 0.5) is 8.78 Å². The van der Waals surface area contributed by atoms with E-state index in [2.05, 4.69) is 6.07 Å². The Labute approximate surface area is 96.4 Å². The lowest BCUT2D eigenvalue weighted by Gasteiger charge is -2.14. The number of methoxy groups -OCH3 is 1. The maximum absolute atomic E-state index is 13.2. The van der Waals surface area contributed by atoms with Crippen LogP contribution in [0.2, 0.25) is 5.02 Å². The van der Waals surface area contributed by atoms with Gasteiger partial charge in [-0.2, -0.15) is 5.26 Å². The lowest BCUT2D eigenvalue weighted by molar-refractivity contribution is 0.398. The quantitative estimate of drug-likeness (QED) is 0.748. The Balaban J connectivity index is 2.67. The number of rotatable bonds is 2. The van der Waals surface area contributed by atoms with E-state index in [-0.39, 0.29) is 5.75 Å². The van der Waals surface area contributed by atoms with Crippen LogP contribution in [-0.2, 0) is 5.41 Å². The lowest BCUT2D eigenvalue weighted by Crippen LogP contribution is -2.08. The van der Waals surface area contributed by atoms with Gasteiger partial charge in [0.1, 0.15) is 10.8 Å². The Bertz CT molecular complexity index is 492. The number of nitriles is 1. The Morgan fingerprint density at radius 3 is 2.56 bits per heavy atom. The molecule has 0 aromatic heterocycles. The van der Waals surface area contributed by atoms with Crippen LogP contribution in [0.1, 0.15) is 18.4 Å². The van der Waals surface area contributed by atoms with Gasteiger partial charge in [0.2, 0.25) is 0 Å². The van der Waals surface area contributed by atoms with Gasteiger partial charge < -0.3 is 4.74 Å². The molecule has 0 radical (unpaired) electrons. The van der Waals surface area contributed by atoms with E-state index in [1.165, 1.54) is 7.11 Å². The molecule has 0 aliphatic heterocycles. The first-order valence-corrected chi connectivity index (χ1v) is 5.07. The number of hydrogen-bond donors (Lipinski definition) is 0. The predicted molar refractivity (Wildman–Crippen MR) is 54.4 cm³/mol. The van der Waals surface area contributed by atoms with Crippen molar-refractivity contribution in [2.75, 3.05) is 7.11 Å². The van der Waals surface area contributed by atoms with Gasteiger partial charge in [0, 0.05) is 5.56 Å². The molecule has 1 saturated carbocycles. The van der Waals surface area contributed by atoms with E-state index >= 15 is 0 Å². The van der Waals surface area contributed by atoms with Gasteiger partial charge in [0.05, 0.1) is 18.6 Å². The van der Waals surface area contributed by atoms with Gasteiger partial charge in [-0.15, -0.1) is 0 Å². The van der Waals surface area contributed by atoms with E-state index in [4.69, 9.17) is 21.6 Å². The molecule has 0 spiro atoms. The average Bonchev–Trinajstić information content (AvgIpc) is 3.06. The number of nitrogens with zero attached hydrogens (tertiary/aromatic N) is 1. The molecule has 1 aromatic carbocycles. The third-order valence-electron chi connectivity index (χ3n) is 2.80. The molecule has 0 saturated heterocycles. The standard InChI is InChI=1S/C11H8ClF2NO/c1-16-10-6(11(5-15)2-3-11)4-7(13)9(14)8(10)12/h4H,2-3H2,1H3. The van der Waals surface area contributed by atoms with Gasteiger partial charge in [0.25, 0.3) is 0 Å². The van der Waals surface area contributed by atoms with Crippen molar-refractivity contribution in [1.29, 1.82) is 5.26 Å². The third-order valence-corrected chi connectivity index (χ3v) is 3.14. The van der Waals surface area contributed by atoms with Crippen molar-refractivity contribution in [3.05, 3.63) is 28.3 Å². The monoisotopic (exact) mass is 243 g/mol. The first-order valence-electron chi connectivity index (χ1n) is 4.69. The Morgan fingerprint density at radius 1 is 1.50 bits per heavy atom. The maximum Gasteiger partial charge on any atom is 0.181 e. The van der Waals surface area contributed by atoms with Gasteiger partial charge in [-0.1, -0.05) is 11.6 Å². The van der Waals surface area contributed by atoms with Gasteiger partial charge in [-0.25, -0.2) is 8.78 Å². The molecule has 0 amide bonds. The summed E-state index contributed by atoms with van der Waals surface area (Å²) in [7, 11) is 1.31. The van der Waals surface area contributed by atoms with Crippen molar-refractivity contribution < 1.29 is 13.5 Å². The first kappa shape index (κ1) is 11.2. The third kappa shape index (κ3) is 1.43. The fourth-order valence-corrected chi connectivity index (χ4v) is 1.97. The molecule has 2 rings (SSSR count). The summed E-state index contributed by atoms with van der Waals surface area (Å²) in [6.45, 7) is 0. The van der Waals surface area contributed by atoms with E-state index in [0.29, 0.717) is 18.4 Å². The summed E-state index contributed by atoms with van der Waals surface area (Å²) >= 11 is 5.65. The van der Waals surface area contributed by atoms with E-state index in [1.54, 1.807) is 0 Å². The van der Waals surface area contributed by atoms with Crippen LogP contribution in [0.3, 0.4) is 0 Å². The minimum Gasteiger partial charge on any atom is -0.495 e. The van der Waals surface area contributed by atoms with Crippen LogP contribution >= 0.6 is 11.6 Å². The zero-order valence-corrected chi connectivity index (χ0v) is 9.24. The summed E-state index contributed by atoms with van der Waals surface area (Å²) in [6, 6.07) is 3.09. The second-order valence-corrected chi connectivity index (χ2v) is 4.14. The highest BCUT2D eigenvalue weighted by Crippen LogP contribution is 2.52. The number of benzene rings is 1. The van der Waals surface area contributed by atoms with E-state index in [1.807, 2.05) is 0 Å². The minimum atomic E-state index is -1.14. The highest BCUT2D eigenvalue weighted by atomic mass is 35.5. The predicted octanol–water partition coefficient (Wildman–Crippen LogP) is 3.18. The van der Waals surface area contributed by atoms with Crippen molar-refractivity contribution in [1.82, 2.24) is 0 Å². The normalized spacial score (nSPS) is 16.7. The molecule has 1 aliphatic carbocycles. The molecule has 0 bridgehead atoms. The van der Waals surface area contributed by atoms with Gasteiger partial charge in [0.15, 0.2) is 11.6 Å². The molecule has 0 heterocycles. The number of ether oxygens (including phenoxy) is 1. The van der Waals surface area contributed by atoms with Gasteiger partial charge in [-0.05, 0) is 18.9 Å². The highest BCUT2D eigenvalue weighted by molar-refractivity contribution is 6.32. The molecule has 16 heavy (non-hydrogen) atoms. The molecule has 1 fully saturated rings. The second-order valence-electron chi connectivity index (χ2n) is 3.76. The van der Waals surface area contributed by atoms with Crippen LogP contribution < -0.4 is 4.74 Å². The first-order chi connectivity index (χ1) is 7.55. The molecular formula is C11H8ClF2NO. The minimum absolute atomic E-state index is 0.0552. The summed E-state index contributed by atoms with van der Waals surface area (Å²) in [5.74, 6) is -2.14. The van der Waals surface area contributed by atoms with Crippen LogP contribution in [0, 0.1) is 23.0 Å². The topological polar surface area (TPSA) is 33.0 Å². The van der Waals surface area contributed by atoms with Crippen LogP contribution in [0.5, 0.6) is 5.75 Å². The molecule has 2 nitrogen and oxygen atoms in total. The number of halogens is 3. The Morgan fingerprint density at radius 2 is 2.12 bits per heavy atom. The molecule has 0 atom stereocenters. The average molecular weight is 244 g/mol. The van der Waals surface area contributed by atoms with Gasteiger partial charge >= 0.3 is 0 Å². The molecule has 1 aliphatic rings. The Kier molecular flexibility index (Phi) is 2.51. The molecule has 0 N–H and O–H groups in total. The highest BCUT2D eigenvalue weighted by Gasteiger charge is 2.48. The zero-order valence-electron chi connectivity index (χ0n) is 8.48. The molecule has 0 unspecified atom stereocenters. The van der Waals surface area contributed by atoms with E-state index in [9.17, 15) is 8.78 Å². The molecular weight excluding hydrogens is 236 g/mol. The van der Waals surface area contributed by atoms with Crippen LogP contribution in [0.15, 0.2) is 6.07 Å². The smallest absolute Gasteiger partial charge is 0.181 e. The summed E-state index contributed by atoms with van der Waals surface area (Å²) in [5.41, 5.74) is -0.426. The molecule has 5 heteroatoms. The second kappa shape index (κ2) is 3.60. The molecule has 84 valence electrons. The zero-order chi connectivity index (χ0) is 11.9. The largest absolute Gasteiger partial charge is 0.495 e. The van der Waals surface area contributed by atoms with Crippen molar-refractivity contribution in [3.63, 3.8) is 0 Å². The fourth-order valence-electron chi connectivity index (χ4n) is 1.70. The SMILES string of the molecule is COc1c(C2(C#N)CC2)cc(F)c(F)c1Cl. The van der Waals surface area contributed by atoms with Crippen molar-refractivity contribution in [2.45, 2.75) is 18.3 Å².